The highest BCUT2D eigenvalue weighted by atomic mass is 16.6. The Bertz CT molecular complexity index is 1250. The van der Waals surface area contributed by atoms with Crippen LogP contribution >= 0.6 is 0 Å². The van der Waals surface area contributed by atoms with E-state index < -0.39 is 16.7 Å². The highest BCUT2D eigenvalue weighted by molar-refractivity contribution is 6.36. The van der Waals surface area contributed by atoms with Gasteiger partial charge in [0.25, 0.3) is 17.5 Å². The predicted octanol–water partition coefficient (Wildman–Crippen LogP) is 4.43. The van der Waals surface area contributed by atoms with Gasteiger partial charge < -0.3 is 4.74 Å². The summed E-state index contributed by atoms with van der Waals surface area (Å²) in [5.74, 6) is -1.31. The van der Waals surface area contributed by atoms with Crippen LogP contribution in [-0.4, -0.2) is 29.3 Å². The molecule has 8 heteroatoms. The molecule has 0 aromatic heterocycles. The Kier molecular flexibility index (Phi) is 5.68. The molecule has 0 atom stereocenters. The third-order valence-corrected chi connectivity index (χ3v) is 5.39. The van der Waals surface area contributed by atoms with Crippen molar-refractivity contribution in [2.45, 2.75) is 26.2 Å². The fourth-order valence-corrected chi connectivity index (χ4v) is 3.91. The van der Waals surface area contributed by atoms with Crippen molar-refractivity contribution < 1.29 is 24.0 Å². The molecule has 0 saturated carbocycles. The number of hydrogen-bond acceptors (Lipinski definition) is 6. The lowest BCUT2D eigenvalue weighted by molar-refractivity contribution is -0.384. The van der Waals surface area contributed by atoms with E-state index in [1.807, 2.05) is 0 Å². The number of carbonyl (C=O) groups excluding carboxylic acids is 3. The molecule has 162 valence electrons. The average molecular weight is 432 g/mol. The van der Waals surface area contributed by atoms with E-state index in [1.54, 1.807) is 49.4 Å². The second-order valence-corrected chi connectivity index (χ2v) is 7.42. The second-order valence-electron chi connectivity index (χ2n) is 7.42. The van der Waals surface area contributed by atoms with Crippen molar-refractivity contribution in [1.29, 1.82) is 0 Å². The fourth-order valence-electron chi connectivity index (χ4n) is 3.91. The first-order valence-corrected chi connectivity index (χ1v) is 10.2. The number of ether oxygens (including phenoxy) is 1. The van der Waals surface area contributed by atoms with Gasteiger partial charge in [0.05, 0.1) is 22.8 Å². The number of amides is 2. The number of esters is 1. The Morgan fingerprint density at radius 2 is 1.75 bits per heavy atom. The lowest BCUT2D eigenvalue weighted by Crippen LogP contribution is -2.40. The number of rotatable bonds is 7. The second kappa shape index (κ2) is 8.58. The molecule has 4 rings (SSSR count). The molecule has 0 saturated heterocycles. The Morgan fingerprint density at radius 3 is 2.44 bits per heavy atom. The van der Waals surface area contributed by atoms with Crippen molar-refractivity contribution in [1.82, 2.24) is 0 Å². The normalized spacial score (nSPS) is 12.8. The van der Waals surface area contributed by atoms with Crippen molar-refractivity contribution in [2.75, 3.05) is 11.5 Å². The maximum absolute atomic E-state index is 13.2. The van der Waals surface area contributed by atoms with Crippen LogP contribution in [0.25, 0.3) is 10.8 Å². The van der Waals surface area contributed by atoms with Crippen LogP contribution in [0.5, 0.6) is 0 Å². The van der Waals surface area contributed by atoms with Crippen LogP contribution in [0.4, 0.5) is 11.4 Å². The van der Waals surface area contributed by atoms with Gasteiger partial charge in [0.2, 0.25) is 0 Å². The molecule has 8 nitrogen and oxygen atoms in total. The van der Waals surface area contributed by atoms with Crippen molar-refractivity contribution >= 4 is 39.9 Å². The summed E-state index contributed by atoms with van der Waals surface area (Å²) in [5.41, 5.74) is 1.58. The van der Waals surface area contributed by atoms with Crippen LogP contribution < -0.4 is 4.90 Å². The number of nitrogens with zero attached hydrogens (tertiary/aromatic N) is 2. The molecule has 1 aliphatic rings. The molecule has 0 fully saturated rings. The first kappa shape index (κ1) is 21.2. The van der Waals surface area contributed by atoms with E-state index in [4.69, 9.17) is 4.74 Å². The predicted molar refractivity (Wildman–Crippen MR) is 118 cm³/mol. The maximum atomic E-state index is 13.2. The molecule has 32 heavy (non-hydrogen) atoms. The molecular weight excluding hydrogens is 412 g/mol. The molecule has 0 aliphatic carbocycles. The van der Waals surface area contributed by atoms with Crippen molar-refractivity contribution in [3.63, 3.8) is 0 Å². The van der Waals surface area contributed by atoms with Gasteiger partial charge in [-0.25, -0.2) is 4.90 Å². The number of non-ortho nitro benzene ring substituents is 1. The zero-order valence-electron chi connectivity index (χ0n) is 17.4. The fraction of sp³-hybridized carbons (Fsp3) is 0.208. The minimum absolute atomic E-state index is 0.128. The van der Waals surface area contributed by atoms with Crippen LogP contribution in [0.2, 0.25) is 0 Å². The van der Waals surface area contributed by atoms with Crippen molar-refractivity contribution in [3.8, 4) is 0 Å². The lowest BCUT2D eigenvalue weighted by Gasteiger charge is -2.27. The molecule has 0 unspecified atom stereocenters. The number of carbonyl (C=O) groups is 3. The highest BCUT2D eigenvalue weighted by Gasteiger charge is 2.35. The lowest BCUT2D eigenvalue weighted by atomic mass is 9.93. The first-order chi connectivity index (χ1) is 15.4. The number of hydrogen-bond donors (Lipinski definition) is 0. The number of anilines is 1. The van der Waals surface area contributed by atoms with Gasteiger partial charge in [-0.1, -0.05) is 24.3 Å². The van der Waals surface area contributed by atoms with E-state index in [2.05, 4.69) is 0 Å². The van der Waals surface area contributed by atoms with Crippen LogP contribution in [0.1, 0.15) is 46.0 Å². The summed E-state index contributed by atoms with van der Waals surface area (Å²) in [4.78, 5) is 49.6. The zero-order chi connectivity index (χ0) is 22.8. The van der Waals surface area contributed by atoms with Crippen LogP contribution in [0.3, 0.4) is 0 Å². The van der Waals surface area contributed by atoms with Crippen LogP contribution in [0.15, 0.2) is 54.6 Å². The topological polar surface area (TPSA) is 107 Å². The molecule has 2 amide bonds. The third-order valence-electron chi connectivity index (χ3n) is 5.39. The maximum Gasteiger partial charge on any atom is 0.305 e. The largest absolute Gasteiger partial charge is 0.466 e. The standard InChI is InChI=1S/C24H20N2O6/c1-2-32-21(27)8-3-5-15-9-11-17(12-10-15)25-23(28)19-7-4-6-16-13-18(26(30)31)14-20(22(16)19)24(25)29/h4,6-7,9-14H,2-3,5,8H2,1H3. The summed E-state index contributed by atoms with van der Waals surface area (Å²) in [6.07, 6.45) is 1.59. The van der Waals surface area contributed by atoms with Gasteiger partial charge in [0.1, 0.15) is 0 Å². The molecular formula is C24H20N2O6. The molecule has 3 aromatic rings. The van der Waals surface area contributed by atoms with Gasteiger partial charge in [-0.3, -0.25) is 24.5 Å². The molecule has 1 heterocycles. The van der Waals surface area contributed by atoms with Gasteiger partial charge >= 0.3 is 5.97 Å². The molecule has 0 radical (unpaired) electrons. The summed E-state index contributed by atoms with van der Waals surface area (Å²) in [6, 6.07) is 14.4. The smallest absolute Gasteiger partial charge is 0.305 e. The molecule has 0 spiro atoms. The summed E-state index contributed by atoms with van der Waals surface area (Å²) >= 11 is 0. The summed E-state index contributed by atoms with van der Waals surface area (Å²) in [5, 5.41) is 12.2. The Hall–Kier alpha value is -4.07. The van der Waals surface area contributed by atoms with Crippen molar-refractivity contribution in [3.05, 3.63) is 81.4 Å². The summed E-state index contributed by atoms with van der Waals surface area (Å²) in [6.45, 7) is 2.11. The Labute approximate surface area is 183 Å². The number of nitro groups is 1. The first-order valence-electron chi connectivity index (χ1n) is 10.2. The molecule has 0 bridgehead atoms. The number of nitro benzene ring substituents is 1. The Balaban J connectivity index is 1.62. The minimum Gasteiger partial charge on any atom is -0.466 e. The van der Waals surface area contributed by atoms with E-state index in [-0.39, 0.29) is 17.2 Å². The number of imide groups is 1. The minimum atomic E-state index is -0.600. The monoisotopic (exact) mass is 432 g/mol. The average Bonchev–Trinajstić information content (AvgIpc) is 2.78. The van der Waals surface area contributed by atoms with Gasteiger partial charge in [0, 0.05) is 29.5 Å². The summed E-state index contributed by atoms with van der Waals surface area (Å²) < 4.78 is 4.91. The SMILES string of the molecule is CCOC(=O)CCCc1ccc(N2C(=O)c3cccc4cc([N+](=O)[O-])cc(c34)C2=O)cc1. The zero-order valence-corrected chi connectivity index (χ0v) is 17.4. The summed E-state index contributed by atoms with van der Waals surface area (Å²) in [7, 11) is 0. The third kappa shape index (κ3) is 3.82. The van der Waals surface area contributed by atoms with E-state index in [0.29, 0.717) is 47.9 Å². The number of aryl methyl sites for hydroxylation is 1. The van der Waals surface area contributed by atoms with E-state index in [9.17, 15) is 24.5 Å². The molecule has 0 N–H and O–H groups in total. The van der Waals surface area contributed by atoms with Gasteiger partial charge in [0.15, 0.2) is 0 Å². The van der Waals surface area contributed by atoms with Gasteiger partial charge in [-0.05, 0) is 48.9 Å². The highest BCUT2D eigenvalue weighted by Crippen LogP contribution is 2.35. The van der Waals surface area contributed by atoms with Gasteiger partial charge in [-0.2, -0.15) is 0 Å². The van der Waals surface area contributed by atoms with E-state index in [1.165, 1.54) is 12.1 Å². The van der Waals surface area contributed by atoms with Gasteiger partial charge in [-0.15, -0.1) is 0 Å². The molecule has 1 aliphatic heterocycles. The van der Waals surface area contributed by atoms with Crippen molar-refractivity contribution in [2.24, 2.45) is 0 Å². The quantitative estimate of drug-likeness (QED) is 0.237. The van der Waals surface area contributed by atoms with Crippen LogP contribution in [0, 0.1) is 10.1 Å². The molecule has 3 aromatic carbocycles. The van der Waals surface area contributed by atoms with Crippen LogP contribution in [-0.2, 0) is 16.0 Å². The van der Waals surface area contributed by atoms with E-state index in [0.717, 1.165) is 10.5 Å². The number of benzene rings is 3. The van der Waals surface area contributed by atoms with E-state index >= 15 is 0 Å². The Morgan fingerprint density at radius 1 is 1.03 bits per heavy atom.